The first kappa shape index (κ1) is 8.86. The molecule has 2 rings (SSSR count). The minimum atomic E-state index is -0.534. The summed E-state index contributed by atoms with van der Waals surface area (Å²) in [5.41, 5.74) is 0.455. The van der Waals surface area contributed by atoms with Gasteiger partial charge in [-0.3, -0.25) is 0 Å². The van der Waals surface area contributed by atoms with Crippen molar-refractivity contribution in [3.8, 4) is 0 Å². The molecule has 0 fully saturated rings. The molecule has 1 aromatic heterocycles. The molecule has 0 saturated heterocycles. The molecule has 6 heteroatoms. The fourth-order valence-corrected chi connectivity index (χ4v) is 1.83. The predicted octanol–water partition coefficient (Wildman–Crippen LogP) is 0.868. The molecule has 6 nitrogen and oxygen atoms in total. The SMILES string of the molecule is O=CC1CCCn2cnc([N+](=O)[O-])c21. The fraction of sp³-hybridized carbons (Fsp3) is 0.500. The van der Waals surface area contributed by atoms with E-state index in [2.05, 4.69) is 4.98 Å². The van der Waals surface area contributed by atoms with E-state index in [0.717, 1.165) is 12.7 Å². The minimum Gasteiger partial charge on any atom is -0.358 e. The van der Waals surface area contributed by atoms with E-state index in [1.165, 1.54) is 6.33 Å². The highest BCUT2D eigenvalue weighted by Gasteiger charge is 2.30. The molecular formula is C8H9N3O3. The number of aryl methyl sites for hydroxylation is 1. The Bertz CT molecular complexity index is 385. The van der Waals surface area contributed by atoms with Crippen molar-refractivity contribution in [1.82, 2.24) is 9.55 Å². The largest absolute Gasteiger partial charge is 0.385 e. The summed E-state index contributed by atoms with van der Waals surface area (Å²) in [5, 5.41) is 10.6. The average molecular weight is 195 g/mol. The number of nitrogens with zero attached hydrogens (tertiary/aromatic N) is 3. The third-order valence-electron chi connectivity index (χ3n) is 2.46. The van der Waals surface area contributed by atoms with Crippen molar-refractivity contribution in [2.24, 2.45) is 0 Å². The van der Waals surface area contributed by atoms with Crippen LogP contribution in [0.1, 0.15) is 24.5 Å². The molecule has 0 aromatic carbocycles. The lowest BCUT2D eigenvalue weighted by Gasteiger charge is -2.17. The number of hydrogen-bond donors (Lipinski definition) is 0. The van der Waals surface area contributed by atoms with E-state index in [1.54, 1.807) is 4.57 Å². The Morgan fingerprint density at radius 3 is 3.14 bits per heavy atom. The molecule has 0 spiro atoms. The normalized spacial score (nSPS) is 20.1. The van der Waals surface area contributed by atoms with Gasteiger partial charge >= 0.3 is 5.82 Å². The van der Waals surface area contributed by atoms with E-state index in [0.29, 0.717) is 18.7 Å². The summed E-state index contributed by atoms with van der Waals surface area (Å²) < 4.78 is 1.70. The van der Waals surface area contributed by atoms with Gasteiger partial charge < -0.3 is 19.5 Å². The molecule has 1 aliphatic heterocycles. The number of rotatable bonds is 2. The molecule has 1 aromatic rings. The van der Waals surface area contributed by atoms with E-state index in [-0.39, 0.29) is 11.7 Å². The van der Waals surface area contributed by atoms with Gasteiger partial charge in [0.2, 0.25) is 6.33 Å². The number of imidazole rings is 1. The first-order valence-electron chi connectivity index (χ1n) is 4.38. The number of carbonyl (C=O) groups is 1. The van der Waals surface area contributed by atoms with E-state index < -0.39 is 4.92 Å². The second-order valence-corrected chi connectivity index (χ2v) is 3.29. The Kier molecular flexibility index (Phi) is 2.03. The summed E-state index contributed by atoms with van der Waals surface area (Å²) in [6.45, 7) is 0.709. The number of nitro groups is 1. The molecule has 1 aliphatic rings. The van der Waals surface area contributed by atoms with Crippen LogP contribution < -0.4 is 0 Å². The molecular weight excluding hydrogens is 186 g/mol. The van der Waals surface area contributed by atoms with Gasteiger partial charge in [-0.15, -0.1) is 0 Å². The van der Waals surface area contributed by atoms with E-state index >= 15 is 0 Å². The van der Waals surface area contributed by atoms with Crippen LogP contribution in [0.4, 0.5) is 5.82 Å². The van der Waals surface area contributed by atoms with Gasteiger partial charge in [-0.2, -0.15) is 0 Å². The van der Waals surface area contributed by atoms with Crippen molar-refractivity contribution < 1.29 is 9.72 Å². The van der Waals surface area contributed by atoms with Crippen molar-refractivity contribution in [2.45, 2.75) is 25.3 Å². The van der Waals surface area contributed by atoms with Crippen molar-refractivity contribution in [3.05, 3.63) is 22.1 Å². The molecule has 1 unspecified atom stereocenters. The maximum Gasteiger partial charge on any atom is 0.385 e. The lowest BCUT2D eigenvalue weighted by Crippen LogP contribution is -2.16. The Morgan fingerprint density at radius 1 is 1.71 bits per heavy atom. The van der Waals surface area contributed by atoms with Crippen LogP contribution in [0.2, 0.25) is 0 Å². The van der Waals surface area contributed by atoms with Gasteiger partial charge in [0.25, 0.3) is 0 Å². The quantitative estimate of drug-likeness (QED) is 0.398. The topological polar surface area (TPSA) is 78.0 Å². The van der Waals surface area contributed by atoms with Crippen LogP contribution in [0.5, 0.6) is 0 Å². The van der Waals surface area contributed by atoms with Crippen LogP contribution in [-0.2, 0) is 11.3 Å². The molecule has 74 valence electrons. The van der Waals surface area contributed by atoms with Crippen LogP contribution in [0.3, 0.4) is 0 Å². The number of hydrogen-bond acceptors (Lipinski definition) is 4. The number of aromatic nitrogens is 2. The molecule has 0 aliphatic carbocycles. The zero-order chi connectivity index (χ0) is 10.1. The molecule has 2 heterocycles. The maximum atomic E-state index is 10.7. The molecule has 0 radical (unpaired) electrons. The third kappa shape index (κ3) is 1.19. The summed E-state index contributed by atoms with van der Waals surface area (Å²) in [6, 6.07) is 0. The summed E-state index contributed by atoms with van der Waals surface area (Å²) in [7, 11) is 0. The molecule has 0 saturated carbocycles. The van der Waals surface area contributed by atoms with Gasteiger partial charge in [0.15, 0.2) is 0 Å². The van der Waals surface area contributed by atoms with Crippen molar-refractivity contribution in [2.75, 3.05) is 0 Å². The van der Waals surface area contributed by atoms with Crippen LogP contribution in [0.15, 0.2) is 6.33 Å². The standard InChI is InChI=1S/C8H9N3O3/c12-4-6-2-1-3-10-5-9-8(7(6)10)11(13)14/h4-6H,1-3H2. The molecule has 0 N–H and O–H groups in total. The molecule has 0 amide bonds. The highest BCUT2D eigenvalue weighted by molar-refractivity contribution is 5.63. The predicted molar refractivity (Wildman–Crippen MR) is 46.9 cm³/mol. The second-order valence-electron chi connectivity index (χ2n) is 3.29. The second kappa shape index (κ2) is 3.21. The van der Waals surface area contributed by atoms with Crippen molar-refractivity contribution in [3.63, 3.8) is 0 Å². The number of fused-ring (bicyclic) bond motifs is 1. The Morgan fingerprint density at radius 2 is 2.50 bits per heavy atom. The lowest BCUT2D eigenvalue weighted by molar-refractivity contribution is -0.390. The first-order chi connectivity index (χ1) is 6.74. The van der Waals surface area contributed by atoms with Gasteiger partial charge in [-0.1, -0.05) is 0 Å². The van der Waals surface area contributed by atoms with Crippen LogP contribution in [0.25, 0.3) is 0 Å². The highest BCUT2D eigenvalue weighted by atomic mass is 16.6. The summed E-state index contributed by atoms with van der Waals surface area (Å²) in [6.07, 6.45) is 3.74. The molecule has 0 bridgehead atoms. The summed E-state index contributed by atoms with van der Waals surface area (Å²) in [5.74, 6) is -0.548. The van der Waals surface area contributed by atoms with Crippen molar-refractivity contribution in [1.29, 1.82) is 0 Å². The Labute approximate surface area is 79.7 Å². The van der Waals surface area contributed by atoms with E-state index in [1.807, 2.05) is 0 Å². The zero-order valence-electron chi connectivity index (χ0n) is 7.42. The smallest absolute Gasteiger partial charge is 0.358 e. The van der Waals surface area contributed by atoms with Crippen LogP contribution in [0, 0.1) is 10.1 Å². The van der Waals surface area contributed by atoms with Crippen LogP contribution in [-0.4, -0.2) is 20.8 Å². The molecule has 14 heavy (non-hydrogen) atoms. The molecule has 1 atom stereocenters. The first-order valence-corrected chi connectivity index (χ1v) is 4.38. The summed E-state index contributed by atoms with van der Waals surface area (Å²) >= 11 is 0. The average Bonchev–Trinajstić information content (AvgIpc) is 2.60. The number of aldehydes is 1. The van der Waals surface area contributed by atoms with Gasteiger partial charge in [0, 0.05) is 6.54 Å². The third-order valence-corrected chi connectivity index (χ3v) is 2.46. The number of carbonyl (C=O) groups excluding carboxylic acids is 1. The Balaban J connectivity index is 2.51. The highest BCUT2D eigenvalue weighted by Crippen LogP contribution is 2.31. The van der Waals surface area contributed by atoms with Crippen LogP contribution >= 0.6 is 0 Å². The Hall–Kier alpha value is -1.72. The zero-order valence-corrected chi connectivity index (χ0v) is 7.42. The van der Waals surface area contributed by atoms with Gasteiger partial charge in [0.05, 0.1) is 5.92 Å². The maximum absolute atomic E-state index is 10.7. The van der Waals surface area contributed by atoms with Gasteiger partial charge in [0.1, 0.15) is 12.0 Å². The lowest BCUT2D eigenvalue weighted by atomic mass is 9.97. The fourth-order valence-electron chi connectivity index (χ4n) is 1.83. The summed E-state index contributed by atoms with van der Waals surface area (Å²) in [4.78, 5) is 24.5. The van der Waals surface area contributed by atoms with Gasteiger partial charge in [-0.05, 0) is 22.7 Å². The van der Waals surface area contributed by atoms with E-state index in [4.69, 9.17) is 0 Å². The van der Waals surface area contributed by atoms with E-state index in [9.17, 15) is 14.9 Å². The minimum absolute atomic E-state index is 0.179. The van der Waals surface area contributed by atoms with Gasteiger partial charge in [-0.25, -0.2) is 0 Å². The van der Waals surface area contributed by atoms with Crippen molar-refractivity contribution >= 4 is 12.1 Å². The monoisotopic (exact) mass is 195 g/mol.